The lowest BCUT2D eigenvalue weighted by Crippen LogP contribution is -2.43. The van der Waals surface area contributed by atoms with E-state index in [9.17, 15) is 0 Å². The zero-order valence-corrected chi connectivity index (χ0v) is 24.5. The molecule has 0 N–H and O–H groups in total. The van der Waals surface area contributed by atoms with Crippen molar-refractivity contribution >= 4 is 42.5 Å². The van der Waals surface area contributed by atoms with Crippen LogP contribution in [0, 0.1) is 0 Å². The largest absolute Gasteiger partial charge is 0.244 e. The molecule has 0 saturated carbocycles. The summed E-state index contributed by atoms with van der Waals surface area (Å²) in [4.78, 5) is 10.5. The van der Waals surface area contributed by atoms with E-state index >= 15 is 0 Å². The van der Waals surface area contributed by atoms with Crippen molar-refractivity contribution in [2.24, 2.45) is 0 Å². The number of para-hydroxylation sites is 2. The van der Waals surface area contributed by atoms with E-state index in [0.29, 0.717) is 0 Å². The number of nitrogens with zero attached hydrogens (tertiary/aromatic N) is 2. The van der Waals surface area contributed by atoms with Crippen LogP contribution in [-0.2, 0) is 10.8 Å². The van der Waals surface area contributed by atoms with Crippen LogP contribution in [-0.4, -0.2) is 9.97 Å². The van der Waals surface area contributed by atoms with Crippen molar-refractivity contribution in [3.05, 3.63) is 120 Å². The highest BCUT2D eigenvalue weighted by Gasteiger charge is 2.45. The van der Waals surface area contributed by atoms with Gasteiger partial charge in [-0.3, -0.25) is 0 Å². The molecule has 0 amide bonds. The van der Waals surface area contributed by atoms with Crippen LogP contribution >= 0.6 is 11.3 Å². The molecular formula is C38H30N2S. The maximum absolute atomic E-state index is 5.26. The molecule has 2 heterocycles. The molecular weight excluding hydrogens is 516 g/mol. The van der Waals surface area contributed by atoms with E-state index in [0.717, 1.165) is 33.5 Å². The van der Waals surface area contributed by atoms with Gasteiger partial charge in [0.05, 0.1) is 22.4 Å². The maximum Gasteiger partial charge on any atom is 0.0973 e. The Morgan fingerprint density at radius 2 is 1.05 bits per heavy atom. The number of thiophene rings is 1. The second-order valence-corrected chi connectivity index (χ2v) is 13.4. The van der Waals surface area contributed by atoms with E-state index in [1.807, 2.05) is 23.5 Å². The van der Waals surface area contributed by atoms with Gasteiger partial charge in [-0.15, -0.1) is 11.3 Å². The van der Waals surface area contributed by atoms with Gasteiger partial charge >= 0.3 is 0 Å². The quantitative estimate of drug-likeness (QED) is 0.215. The molecule has 8 rings (SSSR count). The van der Waals surface area contributed by atoms with Crippen molar-refractivity contribution in [3.63, 3.8) is 0 Å². The highest BCUT2D eigenvalue weighted by atomic mass is 32.1. The molecule has 0 aliphatic heterocycles. The SMILES string of the molecule is CC1(C)c2ccccc2-c2ccc(-c3nc4ccccc4nc3-c3ccc4c(c3)sc3ccccc34)cc2C1(C)C. The van der Waals surface area contributed by atoms with Gasteiger partial charge in [-0.05, 0) is 63.4 Å². The Morgan fingerprint density at radius 1 is 0.488 bits per heavy atom. The topological polar surface area (TPSA) is 25.8 Å². The Bertz CT molecular complexity index is 2170. The summed E-state index contributed by atoms with van der Waals surface area (Å²) in [6.07, 6.45) is 0. The fourth-order valence-corrected chi connectivity index (χ4v) is 7.80. The minimum atomic E-state index is -0.0763. The molecule has 198 valence electrons. The second kappa shape index (κ2) is 8.58. The molecule has 0 bridgehead atoms. The van der Waals surface area contributed by atoms with E-state index in [1.165, 1.54) is 42.4 Å². The predicted molar refractivity (Wildman–Crippen MR) is 175 cm³/mol. The van der Waals surface area contributed by atoms with Crippen LogP contribution < -0.4 is 0 Å². The zero-order chi connectivity index (χ0) is 27.9. The summed E-state index contributed by atoms with van der Waals surface area (Å²) in [5.74, 6) is 0. The molecule has 1 aliphatic rings. The lowest BCUT2D eigenvalue weighted by Gasteiger charge is -2.48. The van der Waals surface area contributed by atoms with Gasteiger partial charge in [0.25, 0.3) is 0 Å². The Hall–Kier alpha value is -4.34. The van der Waals surface area contributed by atoms with Crippen LogP contribution in [0.3, 0.4) is 0 Å². The molecule has 5 aromatic carbocycles. The molecule has 41 heavy (non-hydrogen) atoms. The number of hydrogen-bond donors (Lipinski definition) is 0. The monoisotopic (exact) mass is 546 g/mol. The first kappa shape index (κ1) is 24.5. The summed E-state index contributed by atoms with van der Waals surface area (Å²) in [6, 6.07) is 39.4. The van der Waals surface area contributed by atoms with Crippen molar-refractivity contribution in [1.82, 2.24) is 9.97 Å². The summed E-state index contributed by atoms with van der Waals surface area (Å²) in [6.45, 7) is 9.52. The fraction of sp³-hybridized carbons (Fsp3) is 0.158. The van der Waals surface area contributed by atoms with Gasteiger partial charge in [0, 0.05) is 31.3 Å². The molecule has 3 heteroatoms. The van der Waals surface area contributed by atoms with Gasteiger partial charge < -0.3 is 0 Å². The van der Waals surface area contributed by atoms with Crippen LogP contribution in [0.5, 0.6) is 0 Å². The van der Waals surface area contributed by atoms with Crippen LogP contribution in [0.25, 0.3) is 64.8 Å². The third kappa shape index (κ3) is 3.49. The van der Waals surface area contributed by atoms with Gasteiger partial charge in [0.2, 0.25) is 0 Å². The van der Waals surface area contributed by atoms with Crippen LogP contribution in [0.2, 0.25) is 0 Å². The van der Waals surface area contributed by atoms with Crippen molar-refractivity contribution in [2.75, 3.05) is 0 Å². The van der Waals surface area contributed by atoms with Crippen LogP contribution in [0.4, 0.5) is 0 Å². The Balaban J connectivity index is 1.38. The molecule has 0 atom stereocenters. The molecule has 0 radical (unpaired) electrons. The first-order valence-corrected chi connectivity index (χ1v) is 15.1. The van der Waals surface area contributed by atoms with Crippen LogP contribution in [0.15, 0.2) is 109 Å². The third-order valence-corrected chi connectivity index (χ3v) is 10.8. The third-order valence-electron chi connectivity index (χ3n) is 9.64. The summed E-state index contributed by atoms with van der Waals surface area (Å²) < 4.78 is 2.58. The molecule has 0 unspecified atom stereocenters. The first-order valence-electron chi connectivity index (χ1n) is 14.3. The molecule has 0 fully saturated rings. The standard InChI is InChI=1S/C38H30N2S/c1-37(2)29-13-7-5-11-25(29)26-19-17-23(21-30(26)38(37,3)4)35-36(40-32-15-9-8-14-31(32)39-35)24-18-20-28-27-12-6-10-16-33(27)41-34(28)22-24/h5-22H,1-4H3. The predicted octanol–water partition coefficient (Wildman–Crippen LogP) is 10.6. The number of aromatic nitrogens is 2. The van der Waals surface area contributed by atoms with E-state index in [2.05, 4.69) is 125 Å². The Kier molecular flexibility index (Phi) is 5.12. The van der Waals surface area contributed by atoms with Crippen LogP contribution in [0.1, 0.15) is 38.8 Å². The molecule has 2 aromatic heterocycles. The number of benzene rings is 5. The highest BCUT2D eigenvalue weighted by Crippen LogP contribution is 2.54. The minimum absolute atomic E-state index is 0.0284. The van der Waals surface area contributed by atoms with Crippen molar-refractivity contribution in [3.8, 4) is 33.6 Å². The zero-order valence-electron chi connectivity index (χ0n) is 23.7. The number of fused-ring (bicyclic) bond motifs is 7. The molecule has 0 spiro atoms. The van der Waals surface area contributed by atoms with E-state index < -0.39 is 0 Å². The summed E-state index contributed by atoms with van der Waals surface area (Å²) in [5, 5.41) is 2.60. The van der Waals surface area contributed by atoms with Crippen molar-refractivity contribution in [2.45, 2.75) is 38.5 Å². The molecule has 7 aromatic rings. The summed E-state index contributed by atoms with van der Waals surface area (Å²) in [5.41, 5.74) is 11.2. The lowest BCUT2D eigenvalue weighted by atomic mass is 9.55. The molecule has 1 aliphatic carbocycles. The fourth-order valence-electron chi connectivity index (χ4n) is 6.66. The summed E-state index contributed by atoms with van der Waals surface area (Å²) in [7, 11) is 0. The van der Waals surface area contributed by atoms with Gasteiger partial charge in [-0.2, -0.15) is 0 Å². The smallest absolute Gasteiger partial charge is 0.0973 e. The number of rotatable bonds is 2. The summed E-state index contributed by atoms with van der Waals surface area (Å²) >= 11 is 1.84. The first-order chi connectivity index (χ1) is 19.8. The van der Waals surface area contributed by atoms with Gasteiger partial charge in [0.15, 0.2) is 0 Å². The Morgan fingerprint density at radius 3 is 1.83 bits per heavy atom. The average molecular weight is 547 g/mol. The maximum atomic E-state index is 5.26. The second-order valence-electron chi connectivity index (χ2n) is 12.3. The van der Waals surface area contributed by atoms with E-state index in [1.54, 1.807) is 0 Å². The molecule has 0 saturated heterocycles. The Labute approximate surface area is 244 Å². The number of hydrogen-bond acceptors (Lipinski definition) is 3. The highest BCUT2D eigenvalue weighted by molar-refractivity contribution is 7.25. The van der Waals surface area contributed by atoms with Crippen molar-refractivity contribution < 1.29 is 0 Å². The van der Waals surface area contributed by atoms with Gasteiger partial charge in [0.1, 0.15) is 0 Å². The normalized spacial score (nSPS) is 15.2. The van der Waals surface area contributed by atoms with Gasteiger partial charge in [-0.1, -0.05) is 107 Å². The average Bonchev–Trinajstić information content (AvgIpc) is 3.37. The minimum Gasteiger partial charge on any atom is -0.244 e. The molecule has 2 nitrogen and oxygen atoms in total. The van der Waals surface area contributed by atoms with E-state index in [4.69, 9.17) is 9.97 Å². The van der Waals surface area contributed by atoms with E-state index in [-0.39, 0.29) is 10.8 Å². The van der Waals surface area contributed by atoms with Gasteiger partial charge in [-0.25, -0.2) is 9.97 Å². The lowest BCUT2D eigenvalue weighted by molar-refractivity contribution is 0.299. The van der Waals surface area contributed by atoms with Crippen molar-refractivity contribution in [1.29, 1.82) is 0 Å².